The molecule has 538 valence electrons. The first-order chi connectivity index (χ1) is 47.8. The number of hydrogen-bond donors (Lipinski definition) is 4. The Morgan fingerprint density at radius 1 is 0.850 bits per heavy atom. The molecule has 4 aliphatic heterocycles. The number of β-amino-alcohol motifs (C(OH)–C–C–N with tert-alkyl or cyclic N) is 1. The number of piperazine rings is 2. The number of rotatable bonds is 26. The van der Waals surface area contributed by atoms with E-state index in [9.17, 15) is 34.2 Å². The van der Waals surface area contributed by atoms with Crippen LogP contribution in [0.25, 0.3) is 27.0 Å². The van der Waals surface area contributed by atoms with Gasteiger partial charge in [-0.15, -0.1) is 11.3 Å². The summed E-state index contributed by atoms with van der Waals surface area (Å²) in [5, 5.41) is 29.1. The molecule has 4 N–H and O–H groups in total. The van der Waals surface area contributed by atoms with Gasteiger partial charge in [-0.05, 0) is 134 Å². The lowest BCUT2D eigenvalue weighted by atomic mass is 9.71. The predicted molar refractivity (Wildman–Crippen MR) is 400 cm³/mol. The van der Waals surface area contributed by atoms with Gasteiger partial charge in [0.2, 0.25) is 29.5 Å². The first-order valence-electron chi connectivity index (χ1n) is 36.1. The third-order valence-electron chi connectivity index (χ3n) is 20.8. The van der Waals surface area contributed by atoms with Crippen LogP contribution in [0.5, 0.6) is 5.88 Å². The van der Waals surface area contributed by atoms with Crippen molar-refractivity contribution in [1.29, 1.82) is 0 Å². The number of nitrogens with zero attached hydrogens (tertiary/aromatic N) is 9. The standard InChI is InChI=1S/C77H104ClN11O9SSi/c1-52(54-17-19-56(20-18-54)69-53(2)79-50-99-69)80-72(93)65-45-61(90)48-89(65)74(94)70(76(3,4)5)81-67(91)15-12-10-11-13-16-68(92)86-38-34-84(35-39-86)49-77(6)29-27-62(55-21-23-59(78)24-22-55)58(46-77)47-83-32-36-85(37-33-83)60-25-26-63(75(95)96)64(44-60)88-30-14-40-98-73-66(88)43-57-28-31-87(71(57)82-73)51-97-41-42-100(7,8)9/h17-26,28,31,43-44,50,52,61,65,70,90H,10-16,27,29-30,32-42,45-49,51H2,1-9H3,(H,80,93)(H,81,91)(H,95,96)/t52-,61+,65-,70+,77?/m0/s1. The molecule has 0 spiro atoms. The van der Waals surface area contributed by atoms with Crippen LogP contribution in [0, 0.1) is 17.8 Å². The summed E-state index contributed by atoms with van der Waals surface area (Å²) in [4.78, 5) is 91.8. The van der Waals surface area contributed by atoms with Crippen molar-refractivity contribution in [2.75, 3.05) is 102 Å². The van der Waals surface area contributed by atoms with Gasteiger partial charge in [0.05, 0.1) is 46.1 Å². The van der Waals surface area contributed by atoms with Crippen molar-refractivity contribution in [3.05, 3.63) is 124 Å². The Kier molecular flexibility index (Phi) is 24.0. The molecule has 20 nitrogen and oxygen atoms in total. The van der Waals surface area contributed by atoms with Gasteiger partial charge < -0.3 is 54.5 Å². The second kappa shape index (κ2) is 32.4. The zero-order valence-corrected chi connectivity index (χ0v) is 62.7. The molecule has 3 aromatic heterocycles. The first-order valence-corrected chi connectivity index (χ1v) is 41.1. The van der Waals surface area contributed by atoms with E-state index in [2.05, 4.69) is 80.0 Å². The molecule has 100 heavy (non-hydrogen) atoms. The van der Waals surface area contributed by atoms with E-state index < -0.39 is 37.6 Å². The molecule has 3 saturated heterocycles. The molecule has 3 aromatic carbocycles. The van der Waals surface area contributed by atoms with Gasteiger partial charge in [-0.25, -0.2) is 9.78 Å². The maximum absolute atomic E-state index is 14.3. The van der Waals surface area contributed by atoms with Crippen LogP contribution in [0.15, 0.2) is 96.1 Å². The van der Waals surface area contributed by atoms with E-state index in [1.165, 1.54) is 21.6 Å². The number of carbonyl (C=O) groups is 5. The Bertz CT molecular complexity index is 3890. The Balaban J connectivity index is 0.631. The summed E-state index contributed by atoms with van der Waals surface area (Å²) in [6.45, 7) is 29.3. The second-order valence-electron chi connectivity index (χ2n) is 31.0. The number of benzene rings is 3. The van der Waals surface area contributed by atoms with Crippen molar-refractivity contribution in [2.24, 2.45) is 10.8 Å². The Morgan fingerprint density at radius 2 is 1.56 bits per heavy atom. The molecule has 0 saturated carbocycles. The van der Waals surface area contributed by atoms with Crippen molar-refractivity contribution in [2.45, 2.75) is 169 Å². The number of carboxylic acid groups (broad SMARTS) is 1. The summed E-state index contributed by atoms with van der Waals surface area (Å²) in [5.74, 6) is -1.30. The Morgan fingerprint density at radius 3 is 2.25 bits per heavy atom. The van der Waals surface area contributed by atoms with Gasteiger partial charge in [-0.3, -0.25) is 29.0 Å². The van der Waals surface area contributed by atoms with Crippen LogP contribution >= 0.6 is 22.9 Å². The van der Waals surface area contributed by atoms with Gasteiger partial charge in [-0.1, -0.05) is 114 Å². The number of halogens is 1. The minimum atomic E-state index is -1.24. The fraction of sp³-hybridized carbons (Fsp3) is 0.545. The third kappa shape index (κ3) is 18.5. The Labute approximate surface area is 600 Å². The van der Waals surface area contributed by atoms with Gasteiger partial charge in [0, 0.05) is 135 Å². The van der Waals surface area contributed by atoms with Gasteiger partial charge >= 0.3 is 5.97 Å². The summed E-state index contributed by atoms with van der Waals surface area (Å²) in [5.41, 5.74) is 11.6. The number of amides is 4. The average molecular weight is 1420 g/mol. The number of carboxylic acids is 1. The third-order valence-corrected chi connectivity index (χ3v) is 23.7. The predicted octanol–water partition coefficient (Wildman–Crippen LogP) is 12.7. The molecule has 1 aliphatic carbocycles. The molecule has 23 heteroatoms. The van der Waals surface area contributed by atoms with E-state index in [0.717, 1.165) is 146 Å². The SMILES string of the molecule is Cc1ncsc1-c1ccc([C@H](C)NC(=O)[C@@H]2C[C@@H](O)CN2C(=O)[C@@H](NC(=O)CCCCCCC(=O)N2CCN(CC3(C)CCC(c4ccc(Cl)cc4)=C(CN4CCN(c5ccc(C(=O)O)c(N6CCCOc7nc8c(ccn8COCC[Si](C)(C)C)cc76)c5)CC4)C3)CC2)C(C)(C)C)cc1. The first kappa shape index (κ1) is 74.0. The van der Waals surface area contributed by atoms with Crippen LogP contribution in [0.3, 0.4) is 0 Å². The molecular formula is C77H104ClN11O9SSi. The fourth-order valence-corrected chi connectivity index (χ4v) is 16.7. The topological polar surface area (TPSA) is 218 Å². The molecule has 6 aromatic rings. The maximum Gasteiger partial charge on any atom is 0.337 e. The molecule has 5 aliphatic rings. The fourth-order valence-electron chi connectivity index (χ4n) is 15.0. The summed E-state index contributed by atoms with van der Waals surface area (Å²) in [6.07, 6.45) is 8.54. The summed E-state index contributed by atoms with van der Waals surface area (Å²) < 4.78 is 14.4. The number of allylic oxidation sites excluding steroid dienone is 1. The highest BCUT2D eigenvalue weighted by Gasteiger charge is 2.45. The number of hydrogen-bond acceptors (Lipinski definition) is 15. The van der Waals surface area contributed by atoms with Crippen LogP contribution in [0.2, 0.25) is 30.7 Å². The van der Waals surface area contributed by atoms with Crippen LogP contribution in [-0.2, 0) is 30.6 Å². The number of aryl methyl sites for hydroxylation is 1. The molecular weight excluding hydrogens is 1320 g/mol. The van der Waals surface area contributed by atoms with E-state index in [-0.39, 0.29) is 60.0 Å². The molecule has 11 rings (SSSR count). The number of nitrogens with one attached hydrogen (secondary N) is 2. The number of aromatic nitrogens is 3. The van der Waals surface area contributed by atoms with Crippen molar-refractivity contribution in [1.82, 2.24) is 44.8 Å². The van der Waals surface area contributed by atoms with Gasteiger partial charge in [-0.2, -0.15) is 4.98 Å². The van der Waals surface area contributed by atoms with Gasteiger partial charge in [0.1, 0.15) is 30.1 Å². The normalized spacial score (nSPS) is 20.3. The second-order valence-corrected chi connectivity index (χ2v) is 37.9. The van der Waals surface area contributed by atoms with Crippen molar-refractivity contribution >= 4 is 94.3 Å². The number of aliphatic hydroxyl groups is 1. The van der Waals surface area contributed by atoms with Gasteiger partial charge in [0.25, 0.3) is 0 Å². The number of anilines is 3. The summed E-state index contributed by atoms with van der Waals surface area (Å²) in [7, 11) is -1.24. The quantitative estimate of drug-likeness (QED) is 0.0293. The highest BCUT2D eigenvalue weighted by atomic mass is 35.5. The van der Waals surface area contributed by atoms with E-state index >= 15 is 0 Å². The number of carbonyl (C=O) groups excluding carboxylic acids is 4. The van der Waals surface area contributed by atoms with E-state index in [1.54, 1.807) is 17.4 Å². The molecule has 4 amide bonds. The number of unbranched alkanes of at least 4 members (excludes halogenated alkanes) is 3. The van der Waals surface area contributed by atoms with Crippen molar-refractivity contribution < 1.29 is 43.7 Å². The van der Waals surface area contributed by atoms with Crippen molar-refractivity contribution in [3.63, 3.8) is 0 Å². The van der Waals surface area contributed by atoms with Gasteiger partial charge in [0.15, 0.2) is 0 Å². The molecule has 1 unspecified atom stereocenters. The molecule has 0 bridgehead atoms. The van der Waals surface area contributed by atoms with Crippen LogP contribution in [-0.4, -0.2) is 192 Å². The van der Waals surface area contributed by atoms with Crippen LogP contribution in [0.4, 0.5) is 17.1 Å². The number of fused-ring (bicyclic) bond motifs is 2. The lowest BCUT2D eigenvalue weighted by molar-refractivity contribution is -0.144. The van der Waals surface area contributed by atoms with Crippen LogP contribution in [0.1, 0.15) is 138 Å². The highest BCUT2D eigenvalue weighted by molar-refractivity contribution is 7.13. The number of thiazole rings is 1. The largest absolute Gasteiger partial charge is 0.478 e. The van der Waals surface area contributed by atoms with E-state index in [4.69, 9.17) is 26.1 Å². The number of ether oxygens (including phenoxy) is 2. The molecule has 3 fully saturated rings. The molecule has 0 radical (unpaired) electrons. The Hall–Kier alpha value is -7.18. The van der Waals surface area contributed by atoms with E-state index in [0.29, 0.717) is 70.4 Å². The lowest BCUT2D eigenvalue weighted by Gasteiger charge is -2.44. The number of aromatic carboxylic acids is 1. The summed E-state index contributed by atoms with van der Waals surface area (Å²) >= 11 is 8.03. The van der Waals surface area contributed by atoms with Crippen molar-refractivity contribution in [3.8, 4) is 16.3 Å². The molecule has 7 heterocycles. The van der Waals surface area contributed by atoms with Crippen LogP contribution < -0.4 is 25.2 Å². The average Bonchev–Trinajstić information content (AvgIpc) is 1.40. The number of pyridine rings is 1. The number of likely N-dealkylation sites (tertiary alicyclic amines) is 1. The smallest absolute Gasteiger partial charge is 0.337 e. The molecule has 5 atom stereocenters. The maximum atomic E-state index is 14.3. The van der Waals surface area contributed by atoms with E-state index in [1.807, 2.05) is 110 Å². The minimum Gasteiger partial charge on any atom is -0.478 e. The highest BCUT2D eigenvalue weighted by Crippen LogP contribution is 2.45. The zero-order chi connectivity index (χ0) is 71.0. The lowest BCUT2D eigenvalue weighted by Crippen LogP contribution is -2.57. The monoisotopic (exact) mass is 1420 g/mol. The minimum absolute atomic E-state index is 0.00194. The summed E-state index contributed by atoms with van der Waals surface area (Å²) in [6, 6.07) is 25.1. The zero-order valence-electron chi connectivity index (χ0n) is 60.1. The number of aliphatic hydroxyl groups excluding tert-OH is 1.